The molecule has 0 saturated carbocycles. The summed E-state index contributed by atoms with van der Waals surface area (Å²) in [5.74, 6) is -8.35. The van der Waals surface area contributed by atoms with Crippen LogP contribution in [0.25, 0.3) is 0 Å². The van der Waals surface area contributed by atoms with Crippen LogP contribution >= 0.6 is 0 Å². The van der Waals surface area contributed by atoms with Gasteiger partial charge in [0.05, 0.1) is 31.7 Å². The second-order valence-corrected chi connectivity index (χ2v) is 17.6. The van der Waals surface area contributed by atoms with Crippen molar-refractivity contribution in [1.29, 1.82) is 10.8 Å². The summed E-state index contributed by atoms with van der Waals surface area (Å²) in [5, 5.41) is 57.5. The number of carbonyl (C=O) groups is 9. The molecule has 2 heterocycles. The molecule has 0 unspecified atom stereocenters. The topological polar surface area (TPSA) is 460 Å². The number of imidazole rings is 1. The highest BCUT2D eigenvalue weighted by atomic mass is 16.4. The van der Waals surface area contributed by atoms with E-state index in [0.717, 1.165) is 0 Å². The number of amides is 8. The van der Waals surface area contributed by atoms with Crippen LogP contribution in [0.15, 0.2) is 12.5 Å². The lowest BCUT2D eigenvalue weighted by Gasteiger charge is -2.30. The third-order valence-corrected chi connectivity index (χ3v) is 10.8. The molecular formula is C42H73N17O11. The highest BCUT2D eigenvalue weighted by Gasteiger charge is 2.40. The number of carbonyl (C=O) groups excluding carboxylic acids is 8. The van der Waals surface area contributed by atoms with Crippen LogP contribution in [-0.2, 0) is 49.6 Å². The third-order valence-electron chi connectivity index (χ3n) is 10.8. The van der Waals surface area contributed by atoms with Gasteiger partial charge in [-0.2, -0.15) is 0 Å². The fourth-order valence-electron chi connectivity index (χ4n) is 7.37. The summed E-state index contributed by atoms with van der Waals surface area (Å²) in [4.78, 5) is 127. The Morgan fingerprint density at radius 1 is 0.729 bits per heavy atom. The number of aliphatic hydroxyl groups excluding tert-OH is 1. The van der Waals surface area contributed by atoms with Gasteiger partial charge < -0.3 is 85.1 Å². The summed E-state index contributed by atoms with van der Waals surface area (Å²) < 4.78 is 0. The van der Waals surface area contributed by atoms with Crippen molar-refractivity contribution in [3.63, 3.8) is 0 Å². The molecule has 0 aromatic carbocycles. The summed E-state index contributed by atoms with van der Waals surface area (Å²) >= 11 is 0. The third kappa shape index (κ3) is 21.5. The average molecular weight is 992 g/mol. The van der Waals surface area contributed by atoms with Crippen LogP contribution in [0, 0.1) is 22.7 Å². The number of nitrogens with two attached hydrogens (primary N) is 3. The molecule has 0 spiro atoms. The molecule has 28 nitrogen and oxygen atoms in total. The van der Waals surface area contributed by atoms with Gasteiger partial charge in [-0.1, -0.05) is 27.7 Å². The van der Waals surface area contributed by atoms with Gasteiger partial charge in [-0.25, -0.2) is 9.78 Å². The zero-order valence-electron chi connectivity index (χ0n) is 40.2. The SMILES string of the molecule is CC(C)C[C@H](NC(=O)CN)C(=O)N[C@@H](CO)C(=O)N1CCC[C@H]1C(=O)N[C@@H](CCCNC(=N)N)C(=O)N[C@@H](CC(C)C)C(=O)NCC(=O)N[C@@H](Cc1c[nH]cn1)C(=O)N[C@@H](CCCNC(=N)N)C(=O)O. The molecule has 392 valence electrons. The van der Waals surface area contributed by atoms with E-state index < -0.39 is 109 Å². The number of carboxylic acids is 1. The number of aromatic amines is 1. The first kappa shape index (κ1) is 59.0. The monoisotopic (exact) mass is 992 g/mol. The number of hydrogen-bond acceptors (Lipinski definition) is 14. The molecule has 1 fully saturated rings. The Kier molecular flexibility index (Phi) is 25.6. The minimum Gasteiger partial charge on any atom is -0.480 e. The van der Waals surface area contributed by atoms with E-state index in [1.807, 2.05) is 13.8 Å². The average Bonchev–Trinajstić information content (AvgIpc) is 4.01. The van der Waals surface area contributed by atoms with Crippen molar-refractivity contribution in [2.24, 2.45) is 29.0 Å². The van der Waals surface area contributed by atoms with Gasteiger partial charge in [-0.15, -0.1) is 0 Å². The lowest BCUT2D eigenvalue weighted by molar-refractivity contribution is -0.143. The molecule has 28 heteroatoms. The van der Waals surface area contributed by atoms with E-state index in [1.54, 1.807) is 13.8 Å². The number of rotatable bonds is 31. The zero-order chi connectivity index (χ0) is 52.5. The van der Waals surface area contributed by atoms with E-state index in [4.69, 9.17) is 28.0 Å². The van der Waals surface area contributed by atoms with Gasteiger partial charge in [-0.3, -0.25) is 49.2 Å². The predicted octanol–water partition coefficient (Wildman–Crippen LogP) is -5.38. The van der Waals surface area contributed by atoms with Gasteiger partial charge in [0, 0.05) is 32.3 Å². The van der Waals surface area contributed by atoms with Gasteiger partial charge in [0.25, 0.3) is 0 Å². The summed E-state index contributed by atoms with van der Waals surface area (Å²) in [6.45, 7) is 5.69. The minimum absolute atomic E-state index is 0.0322. The lowest BCUT2D eigenvalue weighted by atomic mass is 10.0. The molecule has 2 rings (SSSR count). The van der Waals surface area contributed by atoms with Crippen LogP contribution in [0.2, 0.25) is 0 Å². The number of aliphatic hydroxyl groups is 1. The predicted molar refractivity (Wildman–Crippen MR) is 253 cm³/mol. The number of H-pyrrole nitrogens is 1. The molecule has 1 aromatic rings. The number of aliphatic carboxylic acids is 1. The fourth-order valence-corrected chi connectivity index (χ4v) is 7.37. The normalized spacial score (nSPS) is 15.8. The number of nitrogens with one attached hydrogen (secondary N) is 12. The zero-order valence-corrected chi connectivity index (χ0v) is 40.2. The molecular weight excluding hydrogens is 919 g/mol. The van der Waals surface area contributed by atoms with Crippen molar-refractivity contribution < 1.29 is 53.4 Å². The molecule has 0 radical (unpaired) electrons. The van der Waals surface area contributed by atoms with Gasteiger partial charge in [0.1, 0.15) is 42.3 Å². The molecule has 7 atom stereocenters. The first-order valence-corrected chi connectivity index (χ1v) is 23.1. The molecule has 0 aliphatic carbocycles. The number of likely N-dealkylation sites (tertiary alicyclic amines) is 1. The first-order valence-electron chi connectivity index (χ1n) is 23.1. The quantitative estimate of drug-likeness (QED) is 0.0188. The van der Waals surface area contributed by atoms with Crippen LogP contribution in [0.3, 0.4) is 0 Å². The number of guanidine groups is 2. The molecule has 20 N–H and O–H groups in total. The minimum atomic E-state index is -1.49. The van der Waals surface area contributed by atoms with Gasteiger partial charge in [-0.05, 0) is 63.2 Å². The Labute approximate surface area is 405 Å². The van der Waals surface area contributed by atoms with E-state index in [-0.39, 0.29) is 101 Å². The van der Waals surface area contributed by atoms with Crippen molar-refractivity contribution >= 4 is 65.1 Å². The second-order valence-electron chi connectivity index (χ2n) is 17.6. The number of nitrogens with zero attached hydrogens (tertiary/aromatic N) is 2. The number of carboxylic acid groups (broad SMARTS) is 1. The van der Waals surface area contributed by atoms with Crippen LogP contribution in [0.4, 0.5) is 0 Å². The maximum Gasteiger partial charge on any atom is 0.326 e. The Bertz CT molecular complexity index is 1950. The molecule has 1 aromatic heterocycles. The summed E-state index contributed by atoms with van der Waals surface area (Å²) in [6, 6.07) is -8.93. The van der Waals surface area contributed by atoms with Gasteiger partial charge >= 0.3 is 5.97 Å². The van der Waals surface area contributed by atoms with Crippen LogP contribution in [0.1, 0.15) is 84.8 Å². The van der Waals surface area contributed by atoms with E-state index in [2.05, 4.69) is 57.8 Å². The van der Waals surface area contributed by atoms with Crippen LogP contribution < -0.4 is 65.1 Å². The number of hydrogen-bond donors (Lipinski definition) is 17. The van der Waals surface area contributed by atoms with E-state index in [1.165, 1.54) is 17.4 Å². The van der Waals surface area contributed by atoms with Crippen molar-refractivity contribution in [2.75, 3.05) is 39.3 Å². The Hall–Kier alpha value is -7.10. The van der Waals surface area contributed by atoms with Crippen molar-refractivity contribution in [3.8, 4) is 0 Å². The first-order chi connectivity index (χ1) is 33.1. The van der Waals surface area contributed by atoms with E-state index >= 15 is 0 Å². The highest BCUT2D eigenvalue weighted by Crippen LogP contribution is 2.20. The molecule has 1 aliphatic heterocycles. The fraction of sp³-hybridized carbons (Fsp3) is 0.667. The Morgan fingerprint density at radius 3 is 1.79 bits per heavy atom. The maximum atomic E-state index is 14.0. The van der Waals surface area contributed by atoms with Crippen molar-refractivity contribution in [3.05, 3.63) is 18.2 Å². The molecule has 1 saturated heterocycles. The second kappa shape index (κ2) is 30.4. The molecule has 8 amide bonds. The smallest absolute Gasteiger partial charge is 0.326 e. The van der Waals surface area contributed by atoms with E-state index in [0.29, 0.717) is 12.1 Å². The maximum absolute atomic E-state index is 14.0. The number of aromatic nitrogens is 2. The Morgan fingerprint density at radius 2 is 1.26 bits per heavy atom. The molecule has 0 bridgehead atoms. The summed E-state index contributed by atoms with van der Waals surface area (Å²) in [7, 11) is 0. The Balaban J connectivity index is 2.23. The highest BCUT2D eigenvalue weighted by molar-refractivity contribution is 5.97. The van der Waals surface area contributed by atoms with Crippen molar-refractivity contribution in [1.82, 2.24) is 62.7 Å². The van der Waals surface area contributed by atoms with Crippen molar-refractivity contribution in [2.45, 2.75) is 128 Å². The van der Waals surface area contributed by atoms with E-state index in [9.17, 15) is 53.4 Å². The standard InChI is InChI=1S/C42H73N17O11/c1-22(2)14-27(34(63)51-19-33(62)54-29(16-24-18-48-21-52-24)37(66)56-26(40(69)70)9-6-12-50-42(46)47)57-35(64)25(8-5-11-49-41(44)45)55-38(67)31-10-7-13-59(31)39(68)30(20-60)58-36(65)28(15-23(3)4)53-32(61)17-43/h18,21-23,25-31,60H,5-17,19-20,43H2,1-4H3,(H,48,52)(H,51,63)(H,53,61)(H,54,62)(H,55,67)(H,56,66)(H,57,64)(H,58,65)(H,69,70)(H4,44,45,49)(H4,46,47,50)/t25-,26-,27-,28-,29-,30-,31-/m0/s1. The summed E-state index contributed by atoms with van der Waals surface area (Å²) in [6.07, 6.45) is 3.82. The summed E-state index contributed by atoms with van der Waals surface area (Å²) in [5.41, 5.74) is 16.5. The molecule has 1 aliphatic rings. The van der Waals surface area contributed by atoms with Gasteiger partial charge in [0.2, 0.25) is 47.3 Å². The molecule has 70 heavy (non-hydrogen) atoms. The lowest BCUT2D eigenvalue weighted by Crippen LogP contribution is -2.60. The largest absolute Gasteiger partial charge is 0.480 e. The van der Waals surface area contributed by atoms with Gasteiger partial charge in [0.15, 0.2) is 11.9 Å². The van der Waals surface area contributed by atoms with Crippen LogP contribution in [0.5, 0.6) is 0 Å². The van der Waals surface area contributed by atoms with Crippen LogP contribution in [-0.4, -0.2) is 172 Å².